The summed E-state index contributed by atoms with van der Waals surface area (Å²) in [6.07, 6.45) is 17.8. The van der Waals surface area contributed by atoms with Crippen molar-refractivity contribution >= 4 is 8.80 Å². The van der Waals surface area contributed by atoms with Gasteiger partial charge in [-0.3, -0.25) is 0 Å². The van der Waals surface area contributed by atoms with Gasteiger partial charge < -0.3 is 0 Å². The molecule has 0 amide bonds. The summed E-state index contributed by atoms with van der Waals surface area (Å²) in [6, 6.07) is 9.24. The first-order valence-electron chi connectivity index (χ1n) is 12.6. The zero-order chi connectivity index (χ0) is 20.5. The van der Waals surface area contributed by atoms with Gasteiger partial charge in [0.25, 0.3) is 0 Å². The Bertz CT molecular complexity index is 586. The highest BCUT2D eigenvalue weighted by Gasteiger charge is 2.30. The molecule has 1 aromatic carbocycles. The van der Waals surface area contributed by atoms with E-state index in [1.165, 1.54) is 69.9 Å². The summed E-state index contributed by atoms with van der Waals surface area (Å²) in [5, 5.41) is 0. The van der Waals surface area contributed by atoms with Gasteiger partial charge in [-0.05, 0) is 61.1 Å². The second-order valence-electron chi connectivity index (χ2n) is 10.1. The van der Waals surface area contributed by atoms with Crippen LogP contribution < -0.4 is 0 Å². The van der Waals surface area contributed by atoms with Crippen molar-refractivity contribution in [2.45, 2.75) is 109 Å². The van der Waals surface area contributed by atoms with Crippen LogP contribution in [0.5, 0.6) is 0 Å². The lowest BCUT2D eigenvalue weighted by molar-refractivity contribution is 0.184. The fraction of sp³-hybridized carbons (Fsp3) is 0.769. The summed E-state index contributed by atoms with van der Waals surface area (Å²) in [5.74, 6) is 1.55. The van der Waals surface area contributed by atoms with E-state index in [2.05, 4.69) is 6.92 Å². The van der Waals surface area contributed by atoms with Gasteiger partial charge in [0, 0.05) is 8.80 Å². The lowest BCUT2D eigenvalue weighted by atomic mass is 9.73. The number of aryl methyl sites for hydroxylation is 1. The van der Waals surface area contributed by atoms with Crippen molar-refractivity contribution in [1.82, 2.24) is 0 Å². The smallest absolute Gasteiger partial charge is 0.159 e. The Morgan fingerprint density at radius 3 is 2.24 bits per heavy atom. The molecule has 0 radical (unpaired) electrons. The molecule has 1 saturated carbocycles. The molecule has 3 rings (SSSR count). The minimum atomic E-state index is -0.738. The topological polar surface area (TPSA) is 0 Å². The molecule has 1 saturated heterocycles. The van der Waals surface area contributed by atoms with Crippen molar-refractivity contribution in [3.8, 4) is 0 Å². The number of hydrogen-bond acceptors (Lipinski definition) is 0. The minimum absolute atomic E-state index is 0.359. The van der Waals surface area contributed by atoms with Crippen LogP contribution in [0.1, 0.15) is 89.5 Å². The highest BCUT2D eigenvalue weighted by atomic mass is 28.3. The molecule has 0 unspecified atom stereocenters. The van der Waals surface area contributed by atoms with Crippen LogP contribution in [0.25, 0.3) is 0 Å². The van der Waals surface area contributed by atoms with Crippen molar-refractivity contribution in [2.24, 2.45) is 17.8 Å². The molecule has 0 aromatic heterocycles. The standard InChI is InChI=1S/C26H42F2Si/c1-2-3-6-17-29-18-15-24(16-19-29)23-12-9-21(10-13-23)7-4-5-8-22-11-14-25(27)26(28)20-22/h11,14,20-21,23-24,29H,2-10,12-13,15-19H2,1H3/t21-,23-,24-,29-. The number of halogens is 2. The number of hydrogen-bond donors (Lipinski definition) is 0. The molecule has 3 heteroatoms. The largest absolute Gasteiger partial charge is 0.204 e. The Morgan fingerprint density at radius 1 is 0.828 bits per heavy atom. The van der Waals surface area contributed by atoms with Gasteiger partial charge in [0.1, 0.15) is 0 Å². The second-order valence-corrected chi connectivity index (χ2v) is 13.5. The average Bonchev–Trinajstić information content (AvgIpc) is 2.75. The van der Waals surface area contributed by atoms with Crippen molar-refractivity contribution in [1.29, 1.82) is 0 Å². The zero-order valence-corrected chi connectivity index (χ0v) is 19.8. The SMILES string of the molecule is CCCCC[Si@H]1CC[C@H]([C@H]2CC[C@H](CCCCc3ccc(F)c(F)c3)CC2)CC1. The molecule has 0 N–H and O–H groups in total. The summed E-state index contributed by atoms with van der Waals surface area (Å²) in [4.78, 5) is 0. The lowest BCUT2D eigenvalue weighted by Crippen LogP contribution is -2.28. The maximum atomic E-state index is 13.3. The molecule has 2 aliphatic rings. The quantitative estimate of drug-likeness (QED) is 0.264. The predicted molar refractivity (Wildman–Crippen MR) is 123 cm³/mol. The number of rotatable bonds is 10. The van der Waals surface area contributed by atoms with Gasteiger partial charge in [-0.2, -0.15) is 0 Å². The van der Waals surface area contributed by atoms with E-state index in [1.807, 2.05) is 0 Å². The molecule has 0 nitrogen and oxygen atoms in total. The van der Waals surface area contributed by atoms with E-state index in [9.17, 15) is 8.78 Å². The number of benzene rings is 1. The van der Waals surface area contributed by atoms with Crippen LogP contribution in [0.2, 0.25) is 18.1 Å². The molecule has 0 atom stereocenters. The summed E-state index contributed by atoms with van der Waals surface area (Å²) >= 11 is 0. The van der Waals surface area contributed by atoms with Crippen LogP contribution in [0.3, 0.4) is 0 Å². The van der Waals surface area contributed by atoms with E-state index in [0.717, 1.165) is 36.2 Å². The van der Waals surface area contributed by atoms with Crippen molar-refractivity contribution in [2.75, 3.05) is 0 Å². The first-order valence-corrected chi connectivity index (χ1v) is 15.0. The van der Waals surface area contributed by atoms with E-state index in [-0.39, 0.29) is 8.80 Å². The Balaban J connectivity index is 1.26. The molecule has 1 aliphatic heterocycles. The Hall–Kier alpha value is -0.703. The van der Waals surface area contributed by atoms with Crippen molar-refractivity contribution in [3.63, 3.8) is 0 Å². The highest BCUT2D eigenvalue weighted by molar-refractivity contribution is 6.58. The van der Waals surface area contributed by atoms with Crippen LogP contribution in [-0.4, -0.2) is 8.80 Å². The first-order chi connectivity index (χ1) is 14.2. The maximum absolute atomic E-state index is 13.3. The van der Waals surface area contributed by atoms with E-state index < -0.39 is 11.6 Å². The van der Waals surface area contributed by atoms with Gasteiger partial charge in [-0.25, -0.2) is 8.78 Å². The molecule has 0 bridgehead atoms. The van der Waals surface area contributed by atoms with Crippen LogP contribution in [0.4, 0.5) is 8.78 Å². The van der Waals surface area contributed by atoms with E-state index in [1.54, 1.807) is 37.0 Å². The molecule has 2 fully saturated rings. The second kappa shape index (κ2) is 12.2. The molecule has 29 heavy (non-hydrogen) atoms. The lowest BCUT2D eigenvalue weighted by Gasteiger charge is -2.37. The van der Waals surface area contributed by atoms with Gasteiger partial charge in [-0.15, -0.1) is 0 Å². The highest BCUT2D eigenvalue weighted by Crippen LogP contribution is 2.42. The monoisotopic (exact) mass is 420 g/mol. The third-order valence-electron chi connectivity index (χ3n) is 7.98. The van der Waals surface area contributed by atoms with Crippen molar-refractivity contribution < 1.29 is 8.78 Å². The van der Waals surface area contributed by atoms with Gasteiger partial charge in [0.2, 0.25) is 0 Å². The summed E-state index contributed by atoms with van der Waals surface area (Å²) in [6.45, 7) is 2.32. The zero-order valence-electron chi connectivity index (χ0n) is 18.6. The van der Waals surface area contributed by atoms with Crippen LogP contribution in [-0.2, 0) is 6.42 Å². The maximum Gasteiger partial charge on any atom is 0.159 e. The van der Waals surface area contributed by atoms with E-state index in [4.69, 9.17) is 0 Å². The van der Waals surface area contributed by atoms with Gasteiger partial charge in [0.15, 0.2) is 11.6 Å². The Kier molecular flexibility index (Phi) is 9.68. The molecular weight excluding hydrogens is 378 g/mol. The summed E-state index contributed by atoms with van der Waals surface area (Å²) < 4.78 is 26.3. The normalized spacial score (nSPS) is 27.8. The van der Waals surface area contributed by atoms with Crippen LogP contribution in [0, 0.1) is 29.4 Å². The number of unbranched alkanes of at least 4 members (excludes halogenated alkanes) is 3. The fourth-order valence-electron chi connectivity index (χ4n) is 6.04. The van der Waals surface area contributed by atoms with E-state index >= 15 is 0 Å². The molecular formula is C26H42F2Si. The molecule has 0 spiro atoms. The minimum Gasteiger partial charge on any atom is -0.204 e. The Morgan fingerprint density at radius 2 is 1.55 bits per heavy atom. The molecule has 164 valence electrons. The van der Waals surface area contributed by atoms with E-state index in [0.29, 0.717) is 0 Å². The third kappa shape index (κ3) is 7.49. The average molecular weight is 421 g/mol. The Labute approximate surface area is 179 Å². The molecule has 1 aliphatic carbocycles. The van der Waals surface area contributed by atoms with Crippen molar-refractivity contribution in [3.05, 3.63) is 35.4 Å². The van der Waals surface area contributed by atoms with Gasteiger partial charge in [0.05, 0.1) is 0 Å². The fourth-order valence-corrected chi connectivity index (χ4v) is 9.57. The molecule has 1 heterocycles. The molecule has 1 aromatic rings. The van der Waals surface area contributed by atoms with Crippen LogP contribution in [0.15, 0.2) is 18.2 Å². The van der Waals surface area contributed by atoms with Gasteiger partial charge in [-0.1, -0.05) is 88.9 Å². The summed E-state index contributed by atoms with van der Waals surface area (Å²) in [5.41, 5.74) is 0.932. The first kappa shape index (κ1) is 23.0. The third-order valence-corrected chi connectivity index (χ3v) is 11.5. The predicted octanol–water partition coefficient (Wildman–Crippen LogP) is 8.31. The van der Waals surface area contributed by atoms with Gasteiger partial charge >= 0.3 is 0 Å². The summed E-state index contributed by atoms with van der Waals surface area (Å²) in [7, 11) is -0.359. The van der Waals surface area contributed by atoms with Crippen LogP contribution >= 0.6 is 0 Å².